The SMILES string of the molecule is Cc1cccc(C)c1-c1cc2nc(n1)NS(=O)(=O)c1cccc(c1)C1CCC(c3ccccc3)C(C1)O2. The highest BCUT2D eigenvalue weighted by atomic mass is 32.2. The molecule has 6 rings (SSSR count). The first-order valence-corrected chi connectivity index (χ1v) is 14.2. The first kappa shape index (κ1) is 23.7. The van der Waals surface area contributed by atoms with E-state index in [1.165, 1.54) is 5.56 Å². The minimum absolute atomic E-state index is 0.00440. The van der Waals surface area contributed by atoms with Crippen molar-refractivity contribution >= 4 is 16.0 Å². The number of aromatic nitrogens is 2. The largest absolute Gasteiger partial charge is 0.474 e. The normalized spacial score (nSPS) is 22.1. The summed E-state index contributed by atoms with van der Waals surface area (Å²) in [7, 11) is -3.88. The predicted molar refractivity (Wildman–Crippen MR) is 144 cm³/mol. The van der Waals surface area contributed by atoms with Gasteiger partial charge in [0, 0.05) is 17.5 Å². The molecule has 2 heterocycles. The molecule has 1 aliphatic heterocycles. The molecule has 7 heteroatoms. The van der Waals surface area contributed by atoms with Crippen molar-refractivity contribution in [1.82, 2.24) is 9.97 Å². The number of rotatable bonds is 2. The summed E-state index contributed by atoms with van der Waals surface area (Å²) in [4.78, 5) is 9.39. The molecule has 0 amide bonds. The van der Waals surface area contributed by atoms with E-state index >= 15 is 0 Å². The van der Waals surface area contributed by atoms with Gasteiger partial charge in [0.1, 0.15) is 6.10 Å². The molecule has 6 bridgehead atoms. The summed E-state index contributed by atoms with van der Waals surface area (Å²) in [5.74, 6) is 0.784. The molecule has 0 radical (unpaired) electrons. The van der Waals surface area contributed by atoms with Crippen LogP contribution >= 0.6 is 0 Å². The molecule has 188 valence electrons. The van der Waals surface area contributed by atoms with Crippen molar-refractivity contribution < 1.29 is 13.2 Å². The Hall–Kier alpha value is -3.71. The second-order valence-corrected chi connectivity index (χ2v) is 11.7. The molecule has 4 aromatic rings. The molecule has 1 aromatic heterocycles. The number of hydrogen-bond acceptors (Lipinski definition) is 5. The van der Waals surface area contributed by atoms with Gasteiger partial charge in [0.2, 0.25) is 11.8 Å². The monoisotopic (exact) mass is 511 g/mol. The molecule has 1 fully saturated rings. The first-order chi connectivity index (χ1) is 17.9. The molecule has 1 N–H and O–H groups in total. The Morgan fingerprint density at radius 1 is 0.838 bits per heavy atom. The third-order valence-corrected chi connectivity index (χ3v) is 8.92. The molecule has 0 saturated heterocycles. The van der Waals surface area contributed by atoms with Gasteiger partial charge in [-0.1, -0.05) is 60.7 Å². The zero-order chi connectivity index (χ0) is 25.6. The van der Waals surface area contributed by atoms with Crippen LogP contribution in [0.3, 0.4) is 0 Å². The van der Waals surface area contributed by atoms with Gasteiger partial charge in [-0.2, -0.15) is 4.98 Å². The van der Waals surface area contributed by atoms with Crippen molar-refractivity contribution in [2.24, 2.45) is 0 Å². The van der Waals surface area contributed by atoms with E-state index < -0.39 is 10.0 Å². The van der Waals surface area contributed by atoms with Gasteiger partial charge in [-0.25, -0.2) is 18.1 Å². The topological polar surface area (TPSA) is 81.2 Å². The van der Waals surface area contributed by atoms with Gasteiger partial charge in [0.15, 0.2) is 0 Å². The van der Waals surface area contributed by atoms with Crippen molar-refractivity contribution in [3.63, 3.8) is 0 Å². The van der Waals surface area contributed by atoms with Crippen LogP contribution in [0.15, 0.2) is 83.8 Å². The van der Waals surface area contributed by atoms with Gasteiger partial charge in [-0.15, -0.1) is 0 Å². The first-order valence-electron chi connectivity index (χ1n) is 12.7. The summed E-state index contributed by atoms with van der Waals surface area (Å²) >= 11 is 0. The molecular weight excluding hydrogens is 482 g/mol. The maximum Gasteiger partial charge on any atom is 0.264 e. The fourth-order valence-corrected chi connectivity index (χ4v) is 6.79. The quantitative estimate of drug-likeness (QED) is 0.338. The Kier molecular flexibility index (Phi) is 5.95. The summed E-state index contributed by atoms with van der Waals surface area (Å²) in [6.07, 6.45) is 2.55. The molecule has 1 saturated carbocycles. The van der Waals surface area contributed by atoms with Gasteiger partial charge in [-0.3, -0.25) is 0 Å². The predicted octanol–water partition coefficient (Wildman–Crippen LogP) is 6.37. The van der Waals surface area contributed by atoms with Gasteiger partial charge in [0.05, 0.1) is 10.6 Å². The summed E-state index contributed by atoms with van der Waals surface area (Å²) in [5, 5.41) is 0. The Balaban J connectivity index is 1.52. The second-order valence-electron chi connectivity index (χ2n) is 10.0. The zero-order valence-electron chi connectivity index (χ0n) is 20.9. The van der Waals surface area contributed by atoms with E-state index in [0.29, 0.717) is 11.6 Å². The van der Waals surface area contributed by atoms with Crippen molar-refractivity contribution in [1.29, 1.82) is 0 Å². The number of fused-ring (bicyclic) bond motifs is 7. The lowest BCUT2D eigenvalue weighted by atomic mass is 9.74. The van der Waals surface area contributed by atoms with E-state index in [1.807, 2.05) is 56.3 Å². The molecule has 37 heavy (non-hydrogen) atoms. The molecular formula is C30H29N3O3S. The molecule has 3 unspecified atom stereocenters. The number of ether oxygens (including phenoxy) is 1. The van der Waals surface area contributed by atoms with Crippen LogP contribution in [-0.4, -0.2) is 24.5 Å². The smallest absolute Gasteiger partial charge is 0.264 e. The maximum atomic E-state index is 13.3. The van der Waals surface area contributed by atoms with Crippen LogP contribution in [-0.2, 0) is 10.0 Å². The highest BCUT2D eigenvalue weighted by molar-refractivity contribution is 7.92. The minimum atomic E-state index is -3.88. The van der Waals surface area contributed by atoms with E-state index in [4.69, 9.17) is 4.74 Å². The van der Waals surface area contributed by atoms with Gasteiger partial charge < -0.3 is 4.74 Å². The van der Waals surface area contributed by atoms with Crippen LogP contribution in [0.4, 0.5) is 5.95 Å². The van der Waals surface area contributed by atoms with E-state index in [-0.39, 0.29) is 28.8 Å². The summed E-state index contributed by atoms with van der Waals surface area (Å²) in [6.45, 7) is 4.05. The third-order valence-electron chi connectivity index (χ3n) is 7.60. The van der Waals surface area contributed by atoms with Crippen LogP contribution in [0.5, 0.6) is 5.88 Å². The van der Waals surface area contributed by atoms with Gasteiger partial charge >= 0.3 is 0 Å². The number of aryl methyl sites for hydroxylation is 2. The molecule has 2 aliphatic rings. The molecule has 3 aromatic carbocycles. The van der Waals surface area contributed by atoms with Gasteiger partial charge in [0.25, 0.3) is 10.0 Å². The number of nitrogens with zero attached hydrogens (tertiary/aromatic N) is 2. The molecule has 6 nitrogen and oxygen atoms in total. The highest BCUT2D eigenvalue weighted by Crippen LogP contribution is 2.43. The second kappa shape index (κ2) is 9.30. The van der Waals surface area contributed by atoms with Crippen LogP contribution in [0.25, 0.3) is 11.3 Å². The lowest BCUT2D eigenvalue weighted by molar-refractivity contribution is 0.114. The maximum absolute atomic E-state index is 13.3. The Morgan fingerprint density at radius 3 is 2.35 bits per heavy atom. The average Bonchev–Trinajstić information content (AvgIpc) is 2.88. The standard InChI is InChI=1S/C30H29N3O3S/c1-19-8-6-9-20(2)29(19)26-18-28-32-30(31-26)33-37(34,35)24-13-7-12-22(16-24)23-14-15-25(27(17-23)36-28)21-10-4-3-5-11-21/h3-13,16,18,23,25,27H,14-15,17H2,1-2H3,(H,31,32,33). The number of sulfonamides is 1. The summed E-state index contributed by atoms with van der Waals surface area (Å²) < 4.78 is 36.0. The Morgan fingerprint density at radius 2 is 1.57 bits per heavy atom. The Labute approximate surface area is 217 Å². The summed E-state index contributed by atoms with van der Waals surface area (Å²) in [5.41, 5.74) is 5.94. The lowest BCUT2D eigenvalue weighted by Crippen LogP contribution is -2.33. The number of nitrogens with one attached hydrogen (secondary N) is 1. The van der Waals surface area contributed by atoms with Crippen molar-refractivity contribution in [2.75, 3.05) is 4.72 Å². The van der Waals surface area contributed by atoms with Crippen molar-refractivity contribution in [2.45, 2.75) is 55.9 Å². The van der Waals surface area contributed by atoms with Crippen LogP contribution in [0.1, 0.15) is 53.4 Å². The minimum Gasteiger partial charge on any atom is -0.474 e. The van der Waals surface area contributed by atoms with Crippen LogP contribution < -0.4 is 9.46 Å². The third kappa shape index (κ3) is 4.60. The van der Waals surface area contributed by atoms with E-state index in [1.54, 1.807) is 12.1 Å². The molecule has 3 atom stereocenters. The fourth-order valence-electron chi connectivity index (χ4n) is 5.79. The van der Waals surface area contributed by atoms with Crippen LogP contribution in [0, 0.1) is 13.8 Å². The number of hydrogen-bond donors (Lipinski definition) is 1. The summed E-state index contributed by atoms with van der Waals surface area (Å²) in [6, 6.07) is 25.6. The number of benzene rings is 3. The Bertz CT molecular complexity index is 1550. The van der Waals surface area contributed by atoms with Crippen molar-refractivity contribution in [3.8, 4) is 17.1 Å². The van der Waals surface area contributed by atoms with Gasteiger partial charge in [-0.05, 0) is 73.4 Å². The lowest BCUT2D eigenvalue weighted by Gasteiger charge is -2.37. The van der Waals surface area contributed by atoms with E-state index in [0.717, 1.165) is 41.5 Å². The van der Waals surface area contributed by atoms with Crippen molar-refractivity contribution in [3.05, 3.63) is 101 Å². The highest BCUT2D eigenvalue weighted by Gasteiger charge is 2.35. The molecule has 0 spiro atoms. The average molecular weight is 512 g/mol. The molecule has 1 aliphatic carbocycles. The van der Waals surface area contributed by atoms with Crippen LogP contribution in [0.2, 0.25) is 0 Å². The zero-order valence-corrected chi connectivity index (χ0v) is 21.7. The number of anilines is 1. The fraction of sp³-hybridized carbons (Fsp3) is 0.267. The van der Waals surface area contributed by atoms with E-state index in [2.05, 4.69) is 39.0 Å². The van der Waals surface area contributed by atoms with E-state index in [9.17, 15) is 8.42 Å².